The van der Waals surface area contributed by atoms with Crippen LogP contribution in [0.5, 0.6) is 0 Å². The van der Waals surface area contributed by atoms with E-state index in [2.05, 4.69) is 15.2 Å². The highest BCUT2D eigenvalue weighted by molar-refractivity contribution is 5.74. The van der Waals surface area contributed by atoms with Crippen molar-refractivity contribution in [2.45, 2.75) is 13.5 Å². The Morgan fingerprint density at radius 2 is 1.86 bits per heavy atom. The Morgan fingerprint density at radius 3 is 2.55 bits per heavy atom. The van der Waals surface area contributed by atoms with E-state index in [1.54, 1.807) is 16.5 Å². The van der Waals surface area contributed by atoms with Gasteiger partial charge in [-0.05, 0) is 19.1 Å². The molecule has 0 aliphatic carbocycles. The summed E-state index contributed by atoms with van der Waals surface area (Å²) in [5.74, 6) is 1.24. The zero-order valence-electron chi connectivity index (χ0n) is 16.9. The summed E-state index contributed by atoms with van der Waals surface area (Å²) in [6.45, 7) is 2.14. The molecule has 0 spiro atoms. The largest absolute Gasteiger partial charge is 0.419 e. The molecule has 4 rings (SSSR count). The molecule has 0 fully saturated rings. The predicted molar refractivity (Wildman–Crippen MR) is 108 cm³/mol. The molecule has 150 valence electrons. The Balaban J connectivity index is 1.86. The molecule has 10 heteroatoms. The SMILES string of the molecule is Cc1cccc(-c2nnc(Cn3c(N(C)C)nc4c3c(=O)n(C)c(=O)n4C)o2)c1. The molecule has 0 amide bonds. The molecule has 3 aromatic heterocycles. The molecule has 29 heavy (non-hydrogen) atoms. The molecule has 0 aliphatic heterocycles. The van der Waals surface area contributed by atoms with E-state index in [0.29, 0.717) is 28.9 Å². The Hall–Kier alpha value is -3.69. The highest BCUT2D eigenvalue weighted by Crippen LogP contribution is 2.22. The molecule has 0 unspecified atom stereocenters. The highest BCUT2D eigenvalue weighted by Gasteiger charge is 2.22. The van der Waals surface area contributed by atoms with E-state index >= 15 is 0 Å². The maximum absolute atomic E-state index is 12.8. The summed E-state index contributed by atoms with van der Waals surface area (Å²) in [6, 6.07) is 7.77. The van der Waals surface area contributed by atoms with Crippen molar-refractivity contribution < 1.29 is 4.42 Å². The third-order valence-electron chi connectivity index (χ3n) is 4.75. The standard InChI is InChI=1S/C19H21N7O3/c1-11-7-6-8-12(9-11)16-22-21-13(29-16)10-26-14-15(20-18(26)23(2)3)24(4)19(28)25(5)17(14)27/h6-9H,10H2,1-5H3. The summed E-state index contributed by atoms with van der Waals surface area (Å²) in [5, 5.41) is 8.27. The fraction of sp³-hybridized carbons (Fsp3) is 0.316. The Labute approximate surface area is 165 Å². The molecule has 0 saturated heterocycles. The molecule has 0 radical (unpaired) electrons. The summed E-state index contributed by atoms with van der Waals surface area (Å²) >= 11 is 0. The number of anilines is 1. The van der Waals surface area contributed by atoms with Gasteiger partial charge in [0.15, 0.2) is 11.2 Å². The molecular weight excluding hydrogens is 374 g/mol. The van der Waals surface area contributed by atoms with Crippen LogP contribution in [0.3, 0.4) is 0 Å². The first kappa shape index (κ1) is 18.7. The van der Waals surface area contributed by atoms with E-state index in [1.807, 2.05) is 45.3 Å². The molecule has 3 heterocycles. The fourth-order valence-corrected chi connectivity index (χ4v) is 3.27. The van der Waals surface area contributed by atoms with Crippen LogP contribution in [0.1, 0.15) is 11.5 Å². The normalized spacial score (nSPS) is 11.3. The second-order valence-electron chi connectivity index (χ2n) is 7.14. The van der Waals surface area contributed by atoms with Crippen LogP contribution >= 0.6 is 0 Å². The van der Waals surface area contributed by atoms with Crippen LogP contribution in [0.15, 0.2) is 38.3 Å². The summed E-state index contributed by atoms with van der Waals surface area (Å²) in [7, 11) is 6.65. The van der Waals surface area contributed by atoms with Crippen LogP contribution in [0, 0.1) is 6.92 Å². The minimum atomic E-state index is -0.433. The number of benzene rings is 1. The van der Waals surface area contributed by atoms with Gasteiger partial charge in [0.1, 0.15) is 6.54 Å². The van der Waals surface area contributed by atoms with Gasteiger partial charge in [0, 0.05) is 33.8 Å². The van der Waals surface area contributed by atoms with Crippen LogP contribution in [-0.2, 0) is 20.6 Å². The summed E-state index contributed by atoms with van der Waals surface area (Å²) in [4.78, 5) is 31.3. The maximum Gasteiger partial charge on any atom is 0.332 e. The van der Waals surface area contributed by atoms with Crippen LogP contribution in [0.4, 0.5) is 5.95 Å². The fourth-order valence-electron chi connectivity index (χ4n) is 3.27. The number of rotatable bonds is 4. The summed E-state index contributed by atoms with van der Waals surface area (Å²) in [5.41, 5.74) is 1.65. The average molecular weight is 395 g/mol. The molecule has 0 atom stereocenters. The lowest BCUT2D eigenvalue weighted by Crippen LogP contribution is -2.37. The maximum atomic E-state index is 12.8. The number of imidazole rings is 1. The number of hydrogen-bond donors (Lipinski definition) is 0. The van der Waals surface area contributed by atoms with Gasteiger partial charge in [-0.15, -0.1) is 10.2 Å². The number of nitrogens with zero attached hydrogens (tertiary/aromatic N) is 7. The van der Waals surface area contributed by atoms with Gasteiger partial charge in [0.25, 0.3) is 5.56 Å². The number of aryl methyl sites for hydroxylation is 2. The van der Waals surface area contributed by atoms with Crippen molar-refractivity contribution in [3.05, 3.63) is 56.6 Å². The molecule has 4 aromatic rings. The number of aromatic nitrogens is 6. The van der Waals surface area contributed by atoms with Gasteiger partial charge >= 0.3 is 5.69 Å². The van der Waals surface area contributed by atoms with Gasteiger partial charge in [-0.25, -0.2) is 4.79 Å². The highest BCUT2D eigenvalue weighted by atomic mass is 16.4. The summed E-state index contributed by atoms with van der Waals surface area (Å²) in [6.07, 6.45) is 0. The molecule has 0 saturated carbocycles. The molecule has 10 nitrogen and oxygen atoms in total. The molecular formula is C19H21N7O3. The van der Waals surface area contributed by atoms with Crippen LogP contribution in [0.25, 0.3) is 22.6 Å². The Kier molecular flexibility index (Phi) is 4.33. The first-order valence-corrected chi connectivity index (χ1v) is 9.01. The van der Waals surface area contributed by atoms with E-state index in [4.69, 9.17) is 4.42 Å². The van der Waals surface area contributed by atoms with E-state index in [-0.39, 0.29) is 6.54 Å². The zero-order chi connectivity index (χ0) is 20.9. The topological polar surface area (TPSA) is 104 Å². The van der Waals surface area contributed by atoms with E-state index in [1.165, 1.54) is 11.6 Å². The molecule has 0 aliphatic rings. The number of fused-ring (bicyclic) bond motifs is 1. The molecule has 0 bridgehead atoms. The van der Waals surface area contributed by atoms with Gasteiger partial charge in [0.05, 0.1) is 0 Å². The third kappa shape index (κ3) is 3.02. The van der Waals surface area contributed by atoms with E-state index in [0.717, 1.165) is 15.7 Å². The lowest BCUT2D eigenvalue weighted by atomic mass is 10.1. The van der Waals surface area contributed by atoms with Crippen molar-refractivity contribution in [2.75, 3.05) is 19.0 Å². The molecule has 0 N–H and O–H groups in total. The number of hydrogen-bond acceptors (Lipinski definition) is 7. The van der Waals surface area contributed by atoms with Gasteiger partial charge in [-0.2, -0.15) is 4.98 Å². The van der Waals surface area contributed by atoms with E-state index < -0.39 is 11.2 Å². The minimum absolute atomic E-state index is 0.149. The Morgan fingerprint density at radius 1 is 1.10 bits per heavy atom. The van der Waals surface area contributed by atoms with Crippen molar-refractivity contribution in [3.8, 4) is 11.5 Å². The first-order chi connectivity index (χ1) is 13.8. The van der Waals surface area contributed by atoms with Gasteiger partial charge in [-0.1, -0.05) is 17.7 Å². The van der Waals surface area contributed by atoms with Crippen molar-refractivity contribution in [2.24, 2.45) is 14.1 Å². The van der Waals surface area contributed by atoms with Crippen molar-refractivity contribution >= 4 is 17.1 Å². The predicted octanol–water partition coefficient (Wildman–Crippen LogP) is 0.906. The van der Waals surface area contributed by atoms with Gasteiger partial charge in [0.2, 0.25) is 17.7 Å². The smallest absolute Gasteiger partial charge is 0.332 e. The van der Waals surface area contributed by atoms with Gasteiger partial charge in [-0.3, -0.25) is 18.5 Å². The minimum Gasteiger partial charge on any atom is -0.419 e. The van der Waals surface area contributed by atoms with Crippen molar-refractivity contribution in [1.29, 1.82) is 0 Å². The van der Waals surface area contributed by atoms with Crippen LogP contribution in [-0.4, -0.2) is 43.0 Å². The molecule has 1 aromatic carbocycles. The third-order valence-corrected chi connectivity index (χ3v) is 4.75. The monoisotopic (exact) mass is 395 g/mol. The van der Waals surface area contributed by atoms with Gasteiger partial charge < -0.3 is 9.32 Å². The van der Waals surface area contributed by atoms with Crippen LogP contribution in [0.2, 0.25) is 0 Å². The lowest BCUT2D eigenvalue weighted by molar-refractivity contribution is 0.491. The summed E-state index contributed by atoms with van der Waals surface area (Å²) < 4.78 is 9.94. The Bertz CT molecular complexity index is 1340. The second-order valence-corrected chi connectivity index (χ2v) is 7.14. The second kappa shape index (κ2) is 6.73. The van der Waals surface area contributed by atoms with Crippen molar-refractivity contribution in [1.82, 2.24) is 28.9 Å². The zero-order valence-corrected chi connectivity index (χ0v) is 16.9. The van der Waals surface area contributed by atoms with E-state index in [9.17, 15) is 9.59 Å². The lowest BCUT2D eigenvalue weighted by Gasteiger charge is -2.13. The van der Waals surface area contributed by atoms with Crippen molar-refractivity contribution in [3.63, 3.8) is 0 Å². The average Bonchev–Trinajstić information content (AvgIpc) is 3.30. The first-order valence-electron chi connectivity index (χ1n) is 9.01. The van der Waals surface area contributed by atoms with Crippen LogP contribution < -0.4 is 16.1 Å². The quantitative estimate of drug-likeness (QED) is 0.506.